The highest BCUT2D eigenvalue weighted by atomic mass is 32.1. The van der Waals surface area contributed by atoms with E-state index in [2.05, 4.69) is 12.6 Å². The van der Waals surface area contributed by atoms with Gasteiger partial charge in [0.05, 0.1) is 0 Å². The summed E-state index contributed by atoms with van der Waals surface area (Å²) in [6.45, 7) is 0.826. The number of nitrogens with one attached hydrogen (secondary N) is 3. The van der Waals surface area contributed by atoms with Crippen LogP contribution in [0.4, 0.5) is 8.78 Å². The minimum Gasteiger partial charge on any atom is -0.355 e. The van der Waals surface area contributed by atoms with Crippen molar-refractivity contribution in [1.82, 2.24) is 16.0 Å². The highest BCUT2D eigenvalue weighted by molar-refractivity contribution is 7.79. The molecule has 0 radical (unpaired) electrons. The molecule has 5 nitrogen and oxygen atoms in total. The van der Waals surface area contributed by atoms with Gasteiger partial charge < -0.3 is 10.6 Å². The van der Waals surface area contributed by atoms with Crippen LogP contribution >= 0.6 is 12.6 Å². The average molecular weight is 257 g/mol. The number of hydrogen-bond acceptors (Lipinski definition) is 4. The van der Waals surface area contributed by atoms with E-state index in [0.29, 0.717) is 0 Å². The van der Waals surface area contributed by atoms with Gasteiger partial charge in [0.25, 0.3) is 17.6 Å². The highest BCUT2D eigenvalue weighted by Crippen LogP contribution is 2.05. The smallest absolute Gasteiger partial charge is 0.278 e. The van der Waals surface area contributed by atoms with Gasteiger partial charge in [0, 0.05) is 7.05 Å². The summed E-state index contributed by atoms with van der Waals surface area (Å²) in [5.41, 5.74) is 0. The molecule has 1 unspecified atom stereocenters. The van der Waals surface area contributed by atoms with Crippen molar-refractivity contribution in [3.8, 4) is 0 Å². The number of amides is 2. The molecule has 0 saturated carbocycles. The van der Waals surface area contributed by atoms with E-state index in [0.717, 1.165) is 6.92 Å². The molecule has 16 heavy (non-hydrogen) atoms. The van der Waals surface area contributed by atoms with E-state index >= 15 is 0 Å². The molecule has 3 N–H and O–H groups in total. The lowest BCUT2D eigenvalue weighted by atomic mass is 10.2. The molecule has 0 aromatic carbocycles. The molecule has 96 valence electrons. The molecule has 0 aliphatic rings. The third-order valence-corrected chi connectivity index (χ3v) is 1.50. The Morgan fingerprint density at radius 2 is 1.75 bits per heavy atom. The van der Waals surface area contributed by atoms with Crippen molar-refractivity contribution in [3.05, 3.63) is 0 Å². The van der Waals surface area contributed by atoms with Crippen molar-refractivity contribution in [2.24, 2.45) is 0 Å². The van der Waals surface area contributed by atoms with Crippen LogP contribution in [0.2, 0.25) is 0 Å². The lowest BCUT2D eigenvalue weighted by Gasteiger charge is -2.20. The van der Waals surface area contributed by atoms with Gasteiger partial charge in [-0.3, -0.25) is 14.9 Å². The van der Waals surface area contributed by atoms with Gasteiger partial charge in [-0.1, -0.05) is 0 Å². The van der Waals surface area contributed by atoms with Crippen molar-refractivity contribution in [1.29, 1.82) is 0 Å². The van der Waals surface area contributed by atoms with E-state index in [4.69, 9.17) is 0 Å². The second-order valence-corrected chi connectivity index (χ2v) is 2.72. The Hall–Kier alpha value is -0.890. The Kier molecular flexibility index (Phi) is 9.06. The fourth-order valence-electron chi connectivity index (χ4n) is 0.717. The van der Waals surface area contributed by atoms with Crippen molar-refractivity contribution >= 4 is 24.4 Å². The second-order valence-electron chi connectivity index (χ2n) is 2.72. The molecule has 0 heterocycles. The highest BCUT2D eigenvalue weighted by Gasteiger charge is 2.35. The van der Waals surface area contributed by atoms with Crippen LogP contribution in [0.15, 0.2) is 0 Å². The van der Waals surface area contributed by atoms with E-state index in [1.165, 1.54) is 14.1 Å². The zero-order valence-corrected chi connectivity index (χ0v) is 10.5. The van der Waals surface area contributed by atoms with Crippen LogP contribution < -0.4 is 16.0 Å². The maximum Gasteiger partial charge on any atom is 0.278 e. The number of rotatable bonds is 4. The third-order valence-electron chi connectivity index (χ3n) is 1.50. The molecule has 0 aromatic heterocycles. The van der Waals surface area contributed by atoms with Crippen molar-refractivity contribution in [2.45, 2.75) is 19.0 Å². The Bertz CT molecular complexity index is 239. The molecular weight excluding hydrogens is 240 g/mol. The summed E-state index contributed by atoms with van der Waals surface area (Å²) in [7, 11) is 2.40. The quantitative estimate of drug-likeness (QED) is 0.409. The summed E-state index contributed by atoms with van der Waals surface area (Å²) in [5.74, 6) is -4.90. The molecular formula is C8H17F2N3O2S. The first-order valence-corrected chi connectivity index (χ1v) is 5.23. The third kappa shape index (κ3) is 5.86. The Morgan fingerprint density at radius 3 is 2.06 bits per heavy atom. The number of thiol groups is 1. The fraction of sp³-hybridized carbons (Fsp3) is 0.750. The van der Waals surface area contributed by atoms with E-state index < -0.39 is 23.9 Å². The predicted octanol–water partition coefficient (Wildman–Crippen LogP) is -0.405. The molecule has 0 aromatic rings. The predicted molar refractivity (Wildman–Crippen MR) is 60.6 cm³/mol. The van der Waals surface area contributed by atoms with Crippen LogP contribution in [-0.2, 0) is 9.59 Å². The SMILES string of the molecule is CNC(=O)[C@](C)(F)NC(=O)C(F)NC.CS. The van der Waals surface area contributed by atoms with E-state index in [1.54, 1.807) is 11.6 Å². The summed E-state index contributed by atoms with van der Waals surface area (Å²) in [4.78, 5) is 21.7. The van der Waals surface area contributed by atoms with Crippen LogP contribution in [0.3, 0.4) is 0 Å². The summed E-state index contributed by atoms with van der Waals surface area (Å²) < 4.78 is 25.9. The minimum atomic E-state index is -2.62. The first-order valence-electron chi connectivity index (χ1n) is 4.34. The second kappa shape index (κ2) is 8.28. The van der Waals surface area contributed by atoms with Crippen LogP contribution in [0.5, 0.6) is 0 Å². The van der Waals surface area contributed by atoms with Gasteiger partial charge in [-0.05, 0) is 20.2 Å². The maximum absolute atomic E-state index is 13.3. The van der Waals surface area contributed by atoms with Gasteiger partial charge in [-0.25, -0.2) is 8.78 Å². The lowest BCUT2D eigenvalue weighted by molar-refractivity contribution is -0.142. The molecule has 0 aliphatic heterocycles. The first-order chi connectivity index (χ1) is 7.35. The molecule has 8 heteroatoms. The zero-order valence-electron chi connectivity index (χ0n) is 9.60. The molecule has 0 aliphatic carbocycles. The van der Waals surface area contributed by atoms with Gasteiger partial charge >= 0.3 is 0 Å². The maximum atomic E-state index is 13.3. The van der Waals surface area contributed by atoms with Gasteiger partial charge in [0.2, 0.25) is 6.30 Å². The number of carbonyl (C=O) groups excluding carboxylic acids is 2. The van der Waals surface area contributed by atoms with E-state index in [-0.39, 0.29) is 0 Å². The summed E-state index contributed by atoms with van der Waals surface area (Å²) >= 11 is 3.53. The standard InChI is InChI=1S/C7H13F2N3O2.CH4S/c1-7(9,6(14)11-3)12-5(13)4(8)10-2;1-2/h4,10H,1-3H3,(H,11,14)(H,12,13);2H,1H3/t4?,7-;/m1./s1. The van der Waals surface area contributed by atoms with Crippen molar-refractivity contribution in [2.75, 3.05) is 20.4 Å². The molecule has 0 rings (SSSR count). The van der Waals surface area contributed by atoms with Crippen LogP contribution in [0.1, 0.15) is 6.92 Å². The normalized spacial score (nSPS) is 14.9. The Balaban J connectivity index is 0. The first kappa shape index (κ1) is 17.5. The van der Waals surface area contributed by atoms with Crippen LogP contribution in [0, 0.1) is 0 Å². The minimum absolute atomic E-state index is 0.826. The number of likely N-dealkylation sites (N-methyl/N-ethyl adjacent to an activating group) is 2. The van der Waals surface area contributed by atoms with Crippen molar-refractivity contribution < 1.29 is 18.4 Å². The molecule has 2 amide bonds. The lowest BCUT2D eigenvalue weighted by Crippen LogP contribution is -2.56. The molecule has 0 bridgehead atoms. The topological polar surface area (TPSA) is 70.2 Å². The Morgan fingerprint density at radius 1 is 1.31 bits per heavy atom. The van der Waals surface area contributed by atoms with E-state index in [1.807, 2.05) is 10.6 Å². The summed E-state index contributed by atoms with van der Waals surface area (Å²) in [5, 5.41) is 5.57. The summed E-state index contributed by atoms with van der Waals surface area (Å²) in [6, 6.07) is 0. The molecule has 0 saturated heterocycles. The van der Waals surface area contributed by atoms with Crippen LogP contribution in [0.25, 0.3) is 0 Å². The number of hydrogen-bond donors (Lipinski definition) is 4. The number of halogens is 2. The molecule has 2 atom stereocenters. The number of carbonyl (C=O) groups is 2. The Labute approximate surface area is 98.8 Å². The molecule has 0 fully saturated rings. The van der Waals surface area contributed by atoms with Gasteiger partial charge in [0.1, 0.15) is 0 Å². The number of alkyl halides is 2. The van der Waals surface area contributed by atoms with Gasteiger partial charge in [-0.2, -0.15) is 12.6 Å². The fourth-order valence-corrected chi connectivity index (χ4v) is 0.717. The monoisotopic (exact) mass is 257 g/mol. The average Bonchev–Trinajstić information content (AvgIpc) is 2.28. The van der Waals surface area contributed by atoms with Crippen LogP contribution in [-0.4, -0.2) is 44.3 Å². The van der Waals surface area contributed by atoms with E-state index in [9.17, 15) is 18.4 Å². The summed E-state index contributed by atoms with van der Waals surface area (Å²) in [6.07, 6.45) is -0.352. The van der Waals surface area contributed by atoms with Gasteiger partial charge in [0.15, 0.2) is 0 Å². The molecule has 0 spiro atoms. The van der Waals surface area contributed by atoms with Gasteiger partial charge in [-0.15, -0.1) is 0 Å². The largest absolute Gasteiger partial charge is 0.355 e. The zero-order chi connectivity index (χ0) is 13.4. The van der Waals surface area contributed by atoms with Crippen molar-refractivity contribution in [3.63, 3.8) is 0 Å².